The Hall–Kier alpha value is -2.28. The summed E-state index contributed by atoms with van der Waals surface area (Å²) in [6, 6.07) is 6.39. The molecular formula is C13H15N5O2. The van der Waals surface area contributed by atoms with Gasteiger partial charge in [0.1, 0.15) is 6.33 Å². The van der Waals surface area contributed by atoms with Gasteiger partial charge in [-0.1, -0.05) is 12.1 Å². The van der Waals surface area contributed by atoms with Gasteiger partial charge in [-0.05, 0) is 25.4 Å². The Morgan fingerprint density at radius 2 is 2.40 bits per heavy atom. The van der Waals surface area contributed by atoms with Crippen LogP contribution in [0.25, 0.3) is 11.4 Å². The molecule has 1 atom stereocenters. The van der Waals surface area contributed by atoms with Crippen molar-refractivity contribution in [3.63, 3.8) is 0 Å². The molecule has 2 aromatic rings. The molecule has 1 aliphatic rings. The van der Waals surface area contributed by atoms with Crippen LogP contribution < -0.4 is 5.32 Å². The summed E-state index contributed by atoms with van der Waals surface area (Å²) in [5.74, 6) is 1.11. The van der Waals surface area contributed by atoms with Crippen molar-refractivity contribution in [2.24, 2.45) is 5.92 Å². The molecule has 0 spiro atoms. The van der Waals surface area contributed by atoms with Crippen LogP contribution in [0.15, 0.2) is 30.6 Å². The molecule has 3 rings (SSSR count). The van der Waals surface area contributed by atoms with Crippen molar-refractivity contribution in [1.29, 1.82) is 0 Å². The van der Waals surface area contributed by atoms with Gasteiger partial charge in [0.2, 0.25) is 0 Å². The first kappa shape index (κ1) is 12.7. The number of hydrogen-bond donors (Lipinski definition) is 1. The van der Waals surface area contributed by atoms with Crippen LogP contribution in [-0.4, -0.2) is 32.8 Å². The Balaban J connectivity index is 1.78. The zero-order valence-electron chi connectivity index (χ0n) is 10.9. The number of non-ortho nitro benzene ring substituents is 1. The van der Waals surface area contributed by atoms with E-state index in [0.29, 0.717) is 17.3 Å². The standard InChI is InChI=1S/C13H15N5O2/c19-18(20)12-3-1-2-11(6-12)13-15-9-17(16-13)8-10-4-5-14-7-10/h1-3,6,9-10,14H,4-5,7-8H2. The minimum Gasteiger partial charge on any atom is -0.316 e. The molecular weight excluding hydrogens is 258 g/mol. The SMILES string of the molecule is O=[N+]([O-])c1cccc(-c2ncn(CC3CCNC3)n2)c1. The molecule has 7 nitrogen and oxygen atoms in total. The second-order valence-corrected chi connectivity index (χ2v) is 4.96. The van der Waals surface area contributed by atoms with Crippen LogP contribution in [0.5, 0.6) is 0 Å². The minimum absolute atomic E-state index is 0.0545. The van der Waals surface area contributed by atoms with Crippen molar-refractivity contribution in [3.8, 4) is 11.4 Å². The maximum absolute atomic E-state index is 10.8. The quantitative estimate of drug-likeness (QED) is 0.673. The molecule has 1 aliphatic heterocycles. The summed E-state index contributed by atoms with van der Waals surface area (Å²) in [7, 11) is 0. The molecule has 1 saturated heterocycles. The number of nitrogens with one attached hydrogen (secondary N) is 1. The van der Waals surface area contributed by atoms with Crippen LogP contribution >= 0.6 is 0 Å². The van der Waals surface area contributed by atoms with Crippen LogP contribution in [-0.2, 0) is 6.54 Å². The molecule has 0 radical (unpaired) electrons. The Bertz CT molecular complexity index is 619. The van der Waals surface area contributed by atoms with Gasteiger partial charge in [0, 0.05) is 24.2 Å². The highest BCUT2D eigenvalue weighted by molar-refractivity contribution is 5.58. The number of nitro groups is 1. The summed E-state index contributed by atoms with van der Waals surface area (Å²) < 4.78 is 1.81. The Labute approximate surface area is 115 Å². The van der Waals surface area contributed by atoms with Crippen molar-refractivity contribution in [2.45, 2.75) is 13.0 Å². The third-order valence-electron chi connectivity index (χ3n) is 3.46. The fourth-order valence-electron chi connectivity index (χ4n) is 2.41. The smallest absolute Gasteiger partial charge is 0.270 e. The Kier molecular flexibility index (Phi) is 3.42. The monoisotopic (exact) mass is 273 g/mol. The van der Waals surface area contributed by atoms with E-state index in [4.69, 9.17) is 0 Å². The molecule has 104 valence electrons. The number of aromatic nitrogens is 3. The average Bonchev–Trinajstić information content (AvgIpc) is 3.11. The van der Waals surface area contributed by atoms with E-state index in [1.54, 1.807) is 18.5 Å². The zero-order valence-corrected chi connectivity index (χ0v) is 10.9. The van der Waals surface area contributed by atoms with E-state index in [1.165, 1.54) is 12.1 Å². The summed E-state index contributed by atoms with van der Waals surface area (Å²) in [6.07, 6.45) is 2.83. The molecule has 1 fully saturated rings. The summed E-state index contributed by atoms with van der Waals surface area (Å²) in [4.78, 5) is 14.6. The predicted octanol–water partition coefficient (Wildman–Crippen LogP) is 1.46. The summed E-state index contributed by atoms with van der Waals surface area (Å²) in [6.45, 7) is 2.89. The lowest BCUT2D eigenvalue weighted by molar-refractivity contribution is -0.384. The van der Waals surface area contributed by atoms with Gasteiger partial charge in [0.15, 0.2) is 5.82 Å². The first-order valence-corrected chi connectivity index (χ1v) is 6.57. The summed E-state index contributed by atoms with van der Waals surface area (Å²) in [5, 5.41) is 18.5. The van der Waals surface area contributed by atoms with Crippen molar-refractivity contribution in [1.82, 2.24) is 20.1 Å². The predicted molar refractivity (Wildman–Crippen MR) is 73.1 cm³/mol. The Morgan fingerprint density at radius 3 is 3.15 bits per heavy atom. The van der Waals surface area contributed by atoms with E-state index in [0.717, 1.165) is 26.1 Å². The molecule has 1 aromatic carbocycles. The summed E-state index contributed by atoms with van der Waals surface area (Å²) >= 11 is 0. The zero-order chi connectivity index (χ0) is 13.9. The largest absolute Gasteiger partial charge is 0.316 e. The van der Waals surface area contributed by atoms with Gasteiger partial charge in [0.05, 0.1) is 4.92 Å². The second-order valence-electron chi connectivity index (χ2n) is 4.96. The maximum Gasteiger partial charge on any atom is 0.270 e. The van der Waals surface area contributed by atoms with E-state index < -0.39 is 4.92 Å². The van der Waals surface area contributed by atoms with Crippen LogP contribution in [0.3, 0.4) is 0 Å². The van der Waals surface area contributed by atoms with Crippen molar-refractivity contribution in [2.75, 3.05) is 13.1 Å². The van der Waals surface area contributed by atoms with Crippen molar-refractivity contribution >= 4 is 5.69 Å². The summed E-state index contributed by atoms with van der Waals surface area (Å²) in [5.41, 5.74) is 0.723. The van der Waals surface area contributed by atoms with Gasteiger partial charge in [-0.2, -0.15) is 5.10 Å². The number of benzene rings is 1. The number of rotatable bonds is 4. The fraction of sp³-hybridized carbons (Fsp3) is 0.385. The van der Waals surface area contributed by atoms with E-state index in [2.05, 4.69) is 15.4 Å². The van der Waals surface area contributed by atoms with Crippen LogP contribution in [0.2, 0.25) is 0 Å². The molecule has 0 amide bonds. The molecule has 20 heavy (non-hydrogen) atoms. The highest BCUT2D eigenvalue weighted by Crippen LogP contribution is 2.20. The molecule has 1 N–H and O–H groups in total. The maximum atomic E-state index is 10.8. The fourth-order valence-corrected chi connectivity index (χ4v) is 2.41. The van der Waals surface area contributed by atoms with Gasteiger partial charge in [-0.15, -0.1) is 0 Å². The van der Waals surface area contributed by atoms with E-state index in [1.807, 2.05) is 4.68 Å². The van der Waals surface area contributed by atoms with Crippen molar-refractivity contribution in [3.05, 3.63) is 40.7 Å². The van der Waals surface area contributed by atoms with E-state index in [-0.39, 0.29) is 5.69 Å². The molecule has 0 bridgehead atoms. The van der Waals surface area contributed by atoms with Gasteiger partial charge >= 0.3 is 0 Å². The second kappa shape index (κ2) is 5.38. The van der Waals surface area contributed by atoms with E-state index >= 15 is 0 Å². The van der Waals surface area contributed by atoms with Gasteiger partial charge in [-0.25, -0.2) is 4.98 Å². The van der Waals surface area contributed by atoms with Crippen molar-refractivity contribution < 1.29 is 4.92 Å². The van der Waals surface area contributed by atoms with Crippen LogP contribution in [0.1, 0.15) is 6.42 Å². The third kappa shape index (κ3) is 2.67. The van der Waals surface area contributed by atoms with E-state index in [9.17, 15) is 10.1 Å². The molecule has 0 saturated carbocycles. The van der Waals surface area contributed by atoms with Gasteiger partial charge in [-0.3, -0.25) is 14.8 Å². The average molecular weight is 273 g/mol. The normalized spacial score (nSPS) is 18.3. The van der Waals surface area contributed by atoms with Crippen LogP contribution in [0.4, 0.5) is 5.69 Å². The molecule has 7 heteroatoms. The number of hydrogen-bond acceptors (Lipinski definition) is 5. The van der Waals surface area contributed by atoms with Gasteiger partial charge < -0.3 is 5.32 Å². The third-order valence-corrected chi connectivity index (χ3v) is 3.46. The first-order valence-electron chi connectivity index (χ1n) is 6.57. The minimum atomic E-state index is -0.412. The first-order chi connectivity index (χ1) is 9.72. The molecule has 0 aliphatic carbocycles. The molecule has 1 aromatic heterocycles. The molecule has 1 unspecified atom stereocenters. The number of nitro benzene ring substituents is 1. The topological polar surface area (TPSA) is 85.9 Å². The Morgan fingerprint density at radius 1 is 1.50 bits per heavy atom. The van der Waals surface area contributed by atoms with Gasteiger partial charge in [0.25, 0.3) is 5.69 Å². The molecule has 2 heterocycles. The highest BCUT2D eigenvalue weighted by atomic mass is 16.6. The van der Waals surface area contributed by atoms with Crippen LogP contribution in [0, 0.1) is 16.0 Å². The lowest BCUT2D eigenvalue weighted by atomic mass is 10.1. The lowest BCUT2D eigenvalue weighted by Gasteiger charge is -2.06. The highest BCUT2D eigenvalue weighted by Gasteiger charge is 2.16. The lowest BCUT2D eigenvalue weighted by Crippen LogP contribution is -2.14. The number of nitrogens with zero attached hydrogens (tertiary/aromatic N) is 4.